The van der Waals surface area contributed by atoms with Crippen molar-refractivity contribution in [3.05, 3.63) is 81.9 Å². The van der Waals surface area contributed by atoms with Crippen molar-refractivity contribution < 1.29 is 29.2 Å². The van der Waals surface area contributed by atoms with Crippen molar-refractivity contribution in [3.8, 4) is 5.75 Å². The van der Waals surface area contributed by atoms with E-state index in [4.69, 9.17) is 4.74 Å². The number of fused-ring (bicyclic) bond motifs is 1. The molecule has 206 valence electrons. The minimum atomic E-state index is -1.81. The van der Waals surface area contributed by atoms with E-state index in [0.29, 0.717) is 23.3 Å². The standard InChI is InChI=1S/C29H33N3O7/c1-3-4-5-6-7-10-17-31-26(33)23-24(27(31)34)29(28(35)36,18-19-13-15-20(16-14-19)32(37)38)30-25(23)21-11-8-9-12-22(21)39-2/h6-9,11-16,23-25,30H,3-5,10,17-18H2,1-2H3,(H,35,36). The minimum absolute atomic E-state index is 0.127. The zero-order valence-electron chi connectivity index (χ0n) is 22.0. The number of nitro benzene ring substituents is 1. The molecule has 2 heterocycles. The Labute approximate surface area is 226 Å². The number of non-ortho nitro benzene ring substituents is 1. The number of carboxylic acids is 1. The number of hydrogen-bond donors (Lipinski definition) is 2. The third kappa shape index (κ3) is 5.29. The van der Waals surface area contributed by atoms with Crippen molar-refractivity contribution in [3.63, 3.8) is 0 Å². The summed E-state index contributed by atoms with van der Waals surface area (Å²) < 4.78 is 5.52. The number of aliphatic carboxylic acids is 1. The van der Waals surface area contributed by atoms with Crippen molar-refractivity contribution in [2.24, 2.45) is 11.8 Å². The Kier molecular flexibility index (Phi) is 8.44. The van der Waals surface area contributed by atoms with Crippen molar-refractivity contribution in [2.45, 2.75) is 50.6 Å². The Bertz CT molecular complexity index is 1280. The SMILES string of the molecule is CCCCC=CCCN1C(=O)C2C(c3ccccc3OC)NC(Cc3ccc([N+](=O)[O-])cc3)(C(=O)O)C2C1=O. The van der Waals surface area contributed by atoms with Crippen LogP contribution in [0, 0.1) is 22.0 Å². The average Bonchev–Trinajstić information content (AvgIpc) is 3.40. The molecule has 0 radical (unpaired) electrons. The van der Waals surface area contributed by atoms with Crippen LogP contribution < -0.4 is 10.1 Å². The van der Waals surface area contributed by atoms with E-state index >= 15 is 0 Å². The highest BCUT2D eigenvalue weighted by Crippen LogP contribution is 2.51. The maximum Gasteiger partial charge on any atom is 0.325 e. The third-order valence-corrected chi connectivity index (χ3v) is 7.64. The number of carboxylic acid groups (broad SMARTS) is 1. The summed E-state index contributed by atoms with van der Waals surface area (Å²) in [5, 5.41) is 24.9. The van der Waals surface area contributed by atoms with Crippen LogP contribution in [-0.2, 0) is 20.8 Å². The van der Waals surface area contributed by atoms with E-state index in [-0.39, 0.29) is 18.7 Å². The number of carbonyl (C=O) groups is 3. The first kappa shape index (κ1) is 28.0. The molecule has 2 saturated heterocycles. The fourth-order valence-electron chi connectivity index (χ4n) is 5.73. The van der Waals surface area contributed by atoms with Gasteiger partial charge in [0.2, 0.25) is 11.8 Å². The highest BCUT2D eigenvalue weighted by Gasteiger charge is 2.68. The molecule has 0 aliphatic carbocycles. The number of likely N-dealkylation sites (tertiary alicyclic amines) is 1. The van der Waals surface area contributed by atoms with Gasteiger partial charge in [0, 0.05) is 36.7 Å². The molecule has 2 aliphatic heterocycles. The van der Waals surface area contributed by atoms with Gasteiger partial charge in [-0.1, -0.05) is 62.2 Å². The van der Waals surface area contributed by atoms with Crippen molar-refractivity contribution in [1.82, 2.24) is 10.2 Å². The Morgan fingerprint density at radius 1 is 1.13 bits per heavy atom. The molecule has 0 spiro atoms. The monoisotopic (exact) mass is 535 g/mol. The molecule has 4 unspecified atom stereocenters. The molecule has 4 rings (SSSR count). The van der Waals surface area contributed by atoms with Gasteiger partial charge >= 0.3 is 5.97 Å². The summed E-state index contributed by atoms with van der Waals surface area (Å²) in [6.07, 6.45) is 7.36. The molecular formula is C29H33N3O7. The number of nitro groups is 1. The fourth-order valence-corrected chi connectivity index (χ4v) is 5.73. The number of amides is 2. The number of nitrogens with one attached hydrogen (secondary N) is 1. The molecule has 4 atom stereocenters. The number of allylic oxidation sites excluding steroid dienone is 1. The fraction of sp³-hybridized carbons (Fsp3) is 0.414. The molecule has 2 N–H and O–H groups in total. The van der Waals surface area contributed by atoms with E-state index < -0.39 is 46.1 Å². The number of imide groups is 1. The van der Waals surface area contributed by atoms with Gasteiger partial charge in [0.05, 0.1) is 23.9 Å². The number of unbranched alkanes of at least 4 members (excludes halogenated alkanes) is 2. The van der Waals surface area contributed by atoms with Gasteiger partial charge < -0.3 is 9.84 Å². The van der Waals surface area contributed by atoms with Gasteiger partial charge in [-0.05, 0) is 24.5 Å². The normalized spacial score (nSPS) is 24.4. The van der Waals surface area contributed by atoms with E-state index in [1.807, 2.05) is 12.2 Å². The predicted octanol–water partition coefficient (Wildman–Crippen LogP) is 4.05. The molecule has 2 aliphatic rings. The van der Waals surface area contributed by atoms with E-state index in [1.165, 1.54) is 36.3 Å². The summed E-state index contributed by atoms with van der Waals surface area (Å²) >= 11 is 0. The summed E-state index contributed by atoms with van der Waals surface area (Å²) in [6, 6.07) is 11.8. The number of nitrogens with zero attached hydrogens (tertiary/aromatic N) is 2. The molecule has 10 nitrogen and oxygen atoms in total. The second kappa shape index (κ2) is 11.8. The van der Waals surface area contributed by atoms with Crippen LogP contribution >= 0.6 is 0 Å². The van der Waals surface area contributed by atoms with E-state index in [2.05, 4.69) is 12.2 Å². The highest BCUT2D eigenvalue weighted by molar-refractivity contribution is 6.09. The van der Waals surface area contributed by atoms with Gasteiger partial charge in [-0.3, -0.25) is 34.7 Å². The van der Waals surface area contributed by atoms with Crippen LogP contribution in [0.5, 0.6) is 5.75 Å². The molecule has 0 bridgehead atoms. The molecule has 10 heteroatoms. The van der Waals surface area contributed by atoms with E-state index in [0.717, 1.165) is 19.3 Å². The lowest BCUT2D eigenvalue weighted by atomic mass is 9.76. The largest absolute Gasteiger partial charge is 0.496 e. The smallest absolute Gasteiger partial charge is 0.325 e. The third-order valence-electron chi connectivity index (χ3n) is 7.64. The van der Waals surface area contributed by atoms with E-state index in [1.54, 1.807) is 24.3 Å². The van der Waals surface area contributed by atoms with Gasteiger partial charge in [0.15, 0.2) is 0 Å². The second-order valence-corrected chi connectivity index (χ2v) is 9.97. The molecule has 39 heavy (non-hydrogen) atoms. The van der Waals surface area contributed by atoms with E-state index in [9.17, 15) is 29.6 Å². The zero-order chi connectivity index (χ0) is 28.2. The first-order chi connectivity index (χ1) is 18.7. The summed E-state index contributed by atoms with van der Waals surface area (Å²) in [6.45, 7) is 2.27. The van der Waals surface area contributed by atoms with Crippen LogP contribution in [0.4, 0.5) is 5.69 Å². The number of para-hydroxylation sites is 1. The Balaban J connectivity index is 1.73. The Hall–Kier alpha value is -4.05. The van der Waals surface area contributed by atoms with Gasteiger partial charge in [-0.25, -0.2) is 0 Å². The lowest BCUT2D eigenvalue weighted by molar-refractivity contribution is -0.384. The van der Waals surface area contributed by atoms with Crippen LogP contribution in [0.25, 0.3) is 0 Å². The van der Waals surface area contributed by atoms with Crippen LogP contribution in [0.2, 0.25) is 0 Å². The van der Waals surface area contributed by atoms with Crippen molar-refractivity contribution in [1.29, 1.82) is 0 Å². The summed E-state index contributed by atoms with van der Waals surface area (Å²) in [7, 11) is 1.49. The topological polar surface area (TPSA) is 139 Å². The van der Waals surface area contributed by atoms with Gasteiger partial charge in [-0.15, -0.1) is 0 Å². The maximum absolute atomic E-state index is 13.8. The predicted molar refractivity (Wildman–Crippen MR) is 143 cm³/mol. The average molecular weight is 536 g/mol. The molecule has 2 aromatic carbocycles. The number of ether oxygens (including phenoxy) is 1. The van der Waals surface area contributed by atoms with Gasteiger partial charge in [0.25, 0.3) is 5.69 Å². The lowest BCUT2D eigenvalue weighted by Gasteiger charge is -2.31. The van der Waals surface area contributed by atoms with Gasteiger partial charge in [-0.2, -0.15) is 0 Å². The number of benzene rings is 2. The molecule has 0 saturated carbocycles. The molecule has 2 amide bonds. The Morgan fingerprint density at radius 3 is 2.46 bits per heavy atom. The number of hydrogen-bond acceptors (Lipinski definition) is 7. The maximum atomic E-state index is 13.8. The van der Waals surface area contributed by atoms with Crippen LogP contribution in [0.1, 0.15) is 49.8 Å². The minimum Gasteiger partial charge on any atom is -0.496 e. The van der Waals surface area contributed by atoms with Gasteiger partial charge in [0.1, 0.15) is 11.3 Å². The Morgan fingerprint density at radius 2 is 1.82 bits per heavy atom. The molecule has 0 aromatic heterocycles. The number of methoxy groups -OCH3 is 1. The van der Waals surface area contributed by atoms with Crippen LogP contribution in [-0.4, -0.2) is 51.9 Å². The number of rotatable bonds is 12. The molecular weight excluding hydrogens is 502 g/mol. The summed E-state index contributed by atoms with van der Waals surface area (Å²) in [4.78, 5) is 52.3. The first-order valence-electron chi connectivity index (χ1n) is 13.1. The summed E-state index contributed by atoms with van der Waals surface area (Å²) in [5.41, 5.74) is -0.862. The second-order valence-electron chi connectivity index (χ2n) is 9.97. The quantitative estimate of drug-likeness (QED) is 0.136. The molecule has 2 fully saturated rings. The zero-order valence-corrected chi connectivity index (χ0v) is 22.0. The summed E-state index contributed by atoms with van der Waals surface area (Å²) in [5.74, 6) is -3.86. The highest BCUT2D eigenvalue weighted by atomic mass is 16.6. The number of carbonyl (C=O) groups excluding carboxylic acids is 2. The lowest BCUT2D eigenvalue weighted by Crippen LogP contribution is -2.57. The van der Waals surface area contributed by atoms with Crippen LogP contribution in [0.3, 0.4) is 0 Å². The van der Waals surface area contributed by atoms with Crippen molar-refractivity contribution >= 4 is 23.5 Å². The molecule has 2 aromatic rings. The van der Waals surface area contributed by atoms with Crippen LogP contribution in [0.15, 0.2) is 60.7 Å². The van der Waals surface area contributed by atoms with Crippen molar-refractivity contribution in [2.75, 3.05) is 13.7 Å². The first-order valence-corrected chi connectivity index (χ1v) is 13.1.